The highest BCUT2D eigenvalue weighted by atomic mass is 19.2. The lowest BCUT2D eigenvalue weighted by atomic mass is 9.68. The number of aryl methyl sites for hydroxylation is 1. The summed E-state index contributed by atoms with van der Waals surface area (Å²) in [6, 6.07) is 3.67. The molecule has 37 heavy (non-hydrogen) atoms. The first kappa shape index (κ1) is 28.5. The van der Waals surface area contributed by atoms with Gasteiger partial charge in [-0.25, -0.2) is 8.78 Å². The van der Waals surface area contributed by atoms with E-state index in [1.165, 1.54) is 57.8 Å². The molecule has 1 heterocycles. The number of benzene rings is 1. The Labute approximate surface area is 225 Å². The van der Waals surface area contributed by atoms with E-state index < -0.39 is 11.6 Å². The van der Waals surface area contributed by atoms with Crippen LogP contribution in [0.25, 0.3) is 5.57 Å². The number of rotatable bonds is 11. The van der Waals surface area contributed by atoms with Crippen molar-refractivity contribution in [3.8, 4) is 0 Å². The minimum absolute atomic E-state index is 0.334. The summed E-state index contributed by atoms with van der Waals surface area (Å²) in [4.78, 5) is 0. The highest BCUT2D eigenvalue weighted by Crippen LogP contribution is 2.44. The molecular formula is C34H50F2O. The molecule has 4 rings (SSSR count). The molecule has 1 aromatic carbocycles. The van der Waals surface area contributed by atoms with Crippen LogP contribution in [0.4, 0.5) is 8.78 Å². The summed E-state index contributed by atoms with van der Waals surface area (Å²) in [5, 5.41) is 0. The lowest BCUT2D eigenvalue weighted by Crippen LogP contribution is -2.33. The molecule has 0 N–H and O–H groups in total. The molecule has 0 radical (unpaired) electrons. The van der Waals surface area contributed by atoms with Crippen molar-refractivity contribution in [1.82, 2.24) is 0 Å². The summed E-state index contributed by atoms with van der Waals surface area (Å²) in [5.41, 5.74) is 2.06. The fraction of sp³-hybridized carbons (Fsp3) is 0.706. The second-order valence-corrected chi connectivity index (χ2v) is 12.0. The third kappa shape index (κ3) is 7.78. The molecule has 2 aliphatic carbocycles. The first-order valence-corrected chi connectivity index (χ1v) is 15.5. The third-order valence-electron chi connectivity index (χ3n) is 9.59. The summed E-state index contributed by atoms with van der Waals surface area (Å²) in [6.07, 6.45) is 25.2. The first-order valence-electron chi connectivity index (χ1n) is 15.5. The zero-order valence-corrected chi connectivity index (χ0v) is 23.5. The Balaban J connectivity index is 1.23. The van der Waals surface area contributed by atoms with E-state index in [4.69, 9.17) is 4.74 Å². The molecule has 1 aromatic rings. The lowest BCUT2D eigenvalue weighted by molar-refractivity contribution is -0.0185. The molecule has 0 amide bonds. The van der Waals surface area contributed by atoms with Crippen molar-refractivity contribution in [2.45, 2.75) is 123 Å². The van der Waals surface area contributed by atoms with Crippen molar-refractivity contribution in [1.29, 1.82) is 0 Å². The number of halogens is 2. The van der Waals surface area contributed by atoms with Gasteiger partial charge in [0.1, 0.15) is 0 Å². The Hall–Kier alpha value is -1.48. The van der Waals surface area contributed by atoms with Crippen LogP contribution < -0.4 is 0 Å². The fourth-order valence-corrected chi connectivity index (χ4v) is 7.17. The van der Waals surface area contributed by atoms with Gasteiger partial charge in [0.05, 0.1) is 12.7 Å². The van der Waals surface area contributed by atoms with Crippen LogP contribution in [0.1, 0.15) is 121 Å². The molecule has 3 heteroatoms. The topological polar surface area (TPSA) is 9.23 Å². The average Bonchev–Trinajstić information content (AvgIpc) is 2.94. The maximum Gasteiger partial charge on any atom is 0.166 e. The van der Waals surface area contributed by atoms with Crippen LogP contribution in [0.3, 0.4) is 0 Å². The van der Waals surface area contributed by atoms with Gasteiger partial charge >= 0.3 is 0 Å². The monoisotopic (exact) mass is 512 g/mol. The molecule has 1 saturated heterocycles. The molecule has 206 valence electrons. The highest BCUT2D eigenvalue weighted by molar-refractivity contribution is 5.67. The van der Waals surface area contributed by atoms with Gasteiger partial charge in [-0.1, -0.05) is 69.9 Å². The summed E-state index contributed by atoms with van der Waals surface area (Å²) < 4.78 is 36.0. The van der Waals surface area contributed by atoms with Gasteiger partial charge in [0.15, 0.2) is 11.6 Å². The van der Waals surface area contributed by atoms with E-state index in [0.717, 1.165) is 68.5 Å². The van der Waals surface area contributed by atoms with E-state index in [1.807, 2.05) is 12.1 Å². The number of allylic oxidation sites excluding steroid dienone is 3. The van der Waals surface area contributed by atoms with E-state index in [1.54, 1.807) is 0 Å². The minimum Gasteiger partial charge on any atom is -0.374 e. The van der Waals surface area contributed by atoms with Gasteiger partial charge in [-0.3, -0.25) is 0 Å². The van der Waals surface area contributed by atoms with Crippen molar-refractivity contribution in [2.75, 3.05) is 6.61 Å². The van der Waals surface area contributed by atoms with Crippen molar-refractivity contribution in [3.63, 3.8) is 0 Å². The lowest BCUT2D eigenvalue weighted by Gasteiger charge is -2.40. The molecule has 0 spiro atoms. The zero-order chi connectivity index (χ0) is 26.0. The maximum absolute atomic E-state index is 15.0. The predicted molar refractivity (Wildman–Crippen MR) is 151 cm³/mol. The second-order valence-electron chi connectivity index (χ2n) is 12.0. The molecule has 2 fully saturated rings. The molecule has 3 atom stereocenters. The van der Waals surface area contributed by atoms with Gasteiger partial charge in [0, 0.05) is 5.56 Å². The number of hydrogen-bond donors (Lipinski definition) is 0. The molecule has 0 aromatic heterocycles. The summed E-state index contributed by atoms with van der Waals surface area (Å²) >= 11 is 0. The van der Waals surface area contributed by atoms with Gasteiger partial charge < -0.3 is 4.74 Å². The largest absolute Gasteiger partial charge is 0.374 e. The summed E-state index contributed by atoms with van der Waals surface area (Å²) in [6.45, 7) is 5.30. The van der Waals surface area contributed by atoms with Crippen LogP contribution >= 0.6 is 0 Å². The van der Waals surface area contributed by atoms with Crippen molar-refractivity contribution in [3.05, 3.63) is 53.1 Å². The van der Waals surface area contributed by atoms with E-state index in [2.05, 4.69) is 32.1 Å². The molecule has 0 bridgehead atoms. The zero-order valence-electron chi connectivity index (χ0n) is 23.5. The van der Waals surface area contributed by atoms with E-state index in [0.29, 0.717) is 29.6 Å². The van der Waals surface area contributed by atoms with Crippen LogP contribution in [-0.4, -0.2) is 12.7 Å². The number of ether oxygens (including phenoxy) is 1. The first-order chi connectivity index (χ1) is 18.1. The molecule has 1 nitrogen and oxygen atoms in total. The summed E-state index contributed by atoms with van der Waals surface area (Å²) in [7, 11) is 0. The Morgan fingerprint density at radius 2 is 1.54 bits per heavy atom. The van der Waals surface area contributed by atoms with Gasteiger partial charge in [-0.2, -0.15) is 0 Å². The second kappa shape index (κ2) is 14.6. The third-order valence-corrected chi connectivity index (χ3v) is 9.59. The smallest absolute Gasteiger partial charge is 0.166 e. The molecule has 1 saturated carbocycles. The van der Waals surface area contributed by atoms with Crippen LogP contribution in [0.5, 0.6) is 0 Å². The van der Waals surface area contributed by atoms with Crippen molar-refractivity contribution >= 4 is 5.57 Å². The van der Waals surface area contributed by atoms with Gasteiger partial charge in [-0.15, -0.1) is 0 Å². The maximum atomic E-state index is 15.0. The van der Waals surface area contributed by atoms with E-state index in [9.17, 15) is 4.39 Å². The fourth-order valence-electron chi connectivity index (χ4n) is 7.17. The number of unbranched alkanes of at least 4 members (excludes halogenated alkanes) is 4. The van der Waals surface area contributed by atoms with Crippen LogP contribution in [0, 0.1) is 35.3 Å². The highest BCUT2D eigenvalue weighted by Gasteiger charge is 2.34. The normalized spacial score (nSPS) is 29.0. The Bertz CT molecular complexity index is 887. The molecule has 3 unspecified atom stereocenters. The standard InChI is InChI=1S/C34H50F2O/c1-3-5-7-8-9-10-29-21-23-32(34(36)33(29)35)28-18-16-26(17-19-28)25-12-14-27(15-13-25)30-20-22-31(37-24-30)11-6-4-2/h6,11,18,21,23,25-27,30-31H,3-5,7-10,12-17,19-20,22,24H2,1-2H3. The van der Waals surface area contributed by atoms with E-state index in [-0.39, 0.29) is 0 Å². The Morgan fingerprint density at radius 1 is 0.811 bits per heavy atom. The van der Waals surface area contributed by atoms with Gasteiger partial charge in [-0.05, 0) is 112 Å². The minimum atomic E-state index is -0.626. The quantitative estimate of drug-likeness (QED) is 0.212. The van der Waals surface area contributed by atoms with Crippen LogP contribution in [0.2, 0.25) is 0 Å². The summed E-state index contributed by atoms with van der Waals surface area (Å²) in [5.74, 6) is 1.81. The SMILES string of the molecule is CCC=CC1CCC(C2CCC(C3CC=C(c4ccc(CCCCCCC)c(F)c4F)CC3)CC2)CO1. The van der Waals surface area contributed by atoms with E-state index >= 15 is 4.39 Å². The van der Waals surface area contributed by atoms with Gasteiger partial charge in [0.2, 0.25) is 0 Å². The molecule has 1 aliphatic heterocycles. The van der Waals surface area contributed by atoms with Crippen molar-refractivity contribution in [2.24, 2.45) is 23.7 Å². The Morgan fingerprint density at radius 3 is 2.19 bits per heavy atom. The average molecular weight is 513 g/mol. The number of hydrogen-bond acceptors (Lipinski definition) is 1. The van der Waals surface area contributed by atoms with Gasteiger partial charge in [0.25, 0.3) is 0 Å². The molecule has 3 aliphatic rings. The molecular weight excluding hydrogens is 462 g/mol. The van der Waals surface area contributed by atoms with Crippen LogP contribution in [-0.2, 0) is 11.2 Å². The predicted octanol–water partition coefficient (Wildman–Crippen LogP) is 10.2. The Kier molecular flexibility index (Phi) is 11.3. The van der Waals surface area contributed by atoms with Crippen LogP contribution in [0.15, 0.2) is 30.4 Å². The van der Waals surface area contributed by atoms with Crippen molar-refractivity contribution < 1.29 is 13.5 Å².